The molecule has 2 atom stereocenters. The highest BCUT2D eigenvalue weighted by atomic mass is 16.6. The molecule has 6 nitrogen and oxygen atoms in total. The Balaban J connectivity index is 1.66. The number of benzene rings is 1. The minimum atomic E-state index is 0.164. The minimum absolute atomic E-state index is 0.164. The molecule has 0 spiro atoms. The third-order valence-electron chi connectivity index (χ3n) is 5.38. The fraction of sp³-hybridized carbons (Fsp3) is 0.579. The zero-order chi connectivity index (χ0) is 17.6. The van der Waals surface area contributed by atoms with E-state index in [9.17, 15) is 4.79 Å². The number of rotatable bonds is 2. The third kappa shape index (κ3) is 2.83. The SMILES string of the molecule is Cc1nc2cc3c(cc2n1CC(=O)N1C(C)CCCC1C)OCCO3. The molecule has 25 heavy (non-hydrogen) atoms. The maximum atomic E-state index is 13.0. The maximum absolute atomic E-state index is 13.0. The van der Waals surface area contributed by atoms with E-state index in [2.05, 4.69) is 18.8 Å². The van der Waals surface area contributed by atoms with Gasteiger partial charge in [0.1, 0.15) is 25.6 Å². The monoisotopic (exact) mass is 343 g/mol. The molecule has 3 heterocycles. The molecule has 6 heteroatoms. The van der Waals surface area contributed by atoms with E-state index in [0.717, 1.165) is 41.2 Å². The summed E-state index contributed by atoms with van der Waals surface area (Å²) >= 11 is 0. The second-order valence-electron chi connectivity index (χ2n) is 7.16. The number of piperidine rings is 1. The van der Waals surface area contributed by atoms with Crippen LogP contribution in [0.2, 0.25) is 0 Å². The van der Waals surface area contributed by atoms with Gasteiger partial charge < -0.3 is 18.9 Å². The number of aromatic nitrogens is 2. The zero-order valence-corrected chi connectivity index (χ0v) is 15.1. The predicted octanol–water partition coefficient (Wildman–Crippen LogP) is 2.91. The molecular weight excluding hydrogens is 318 g/mol. The molecule has 4 rings (SSSR count). The van der Waals surface area contributed by atoms with E-state index in [1.807, 2.05) is 28.5 Å². The van der Waals surface area contributed by atoms with Gasteiger partial charge in [-0.3, -0.25) is 4.79 Å². The predicted molar refractivity (Wildman–Crippen MR) is 95.1 cm³/mol. The van der Waals surface area contributed by atoms with Gasteiger partial charge in [-0.1, -0.05) is 0 Å². The van der Waals surface area contributed by atoms with E-state index < -0.39 is 0 Å². The van der Waals surface area contributed by atoms with Crippen molar-refractivity contribution < 1.29 is 14.3 Å². The fourth-order valence-corrected chi connectivity index (χ4v) is 4.11. The second-order valence-corrected chi connectivity index (χ2v) is 7.16. The lowest BCUT2D eigenvalue weighted by atomic mass is 9.97. The molecule has 2 unspecified atom stereocenters. The van der Waals surface area contributed by atoms with Gasteiger partial charge in [0, 0.05) is 24.2 Å². The van der Waals surface area contributed by atoms with Gasteiger partial charge in [0.2, 0.25) is 5.91 Å². The molecular formula is C19H25N3O3. The van der Waals surface area contributed by atoms with Crippen LogP contribution < -0.4 is 9.47 Å². The highest BCUT2D eigenvalue weighted by molar-refractivity contribution is 5.84. The Morgan fingerprint density at radius 1 is 1.16 bits per heavy atom. The topological polar surface area (TPSA) is 56.6 Å². The Morgan fingerprint density at radius 2 is 1.80 bits per heavy atom. The van der Waals surface area contributed by atoms with Crippen LogP contribution in [-0.2, 0) is 11.3 Å². The molecule has 1 amide bonds. The maximum Gasteiger partial charge on any atom is 0.243 e. The summed E-state index contributed by atoms with van der Waals surface area (Å²) in [5.41, 5.74) is 1.77. The molecule has 2 aromatic rings. The molecule has 1 fully saturated rings. The van der Waals surface area contributed by atoms with Gasteiger partial charge in [-0.05, 0) is 40.0 Å². The van der Waals surface area contributed by atoms with Gasteiger partial charge in [-0.2, -0.15) is 0 Å². The molecule has 1 aromatic heterocycles. The molecule has 1 aromatic carbocycles. The fourth-order valence-electron chi connectivity index (χ4n) is 4.11. The van der Waals surface area contributed by atoms with Crippen molar-refractivity contribution in [3.05, 3.63) is 18.0 Å². The average molecular weight is 343 g/mol. The van der Waals surface area contributed by atoms with Gasteiger partial charge in [0.25, 0.3) is 0 Å². The van der Waals surface area contributed by atoms with Crippen LogP contribution in [-0.4, -0.2) is 45.7 Å². The van der Waals surface area contributed by atoms with E-state index in [1.165, 1.54) is 6.42 Å². The summed E-state index contributed by atoms with van der Waals surface area (Å²) in [6.45, 7) is 7.66. The van der Waals surface area contributed by atoms with Gasteiger partial charge in [0.05, 0.1) is 11.0 Å². The number of nitrogens with zero attached hydrogens (tertiary/aromatic N) is 3. The first-order chi connectivity index (χ1) is 12.0. The first-order valence-electron chi connectivity index (χ1n) is 9.12. The van der Waals surface area contributed by atoms with Crippen molar-refractivity contribution in [3.63, 3.8) is 0 Å². The Morgan fingerprint density at radius 3 is 2.48 bits per heavy atom. The molecule has 0 N–H and O–H groups in total. The Labute approximate surface area is 147 Å². The Hall–Kier alpha value is -2.24. The number of fused-ring (bicyclic) bond motifs is 2. The number of imidazole rings is 1. The van der Waals surface area contributed by atoms with E-state index in [4.69, 9.17) is 9.47 Å². The first-order valence-corrected chi connectivity index (χ1v) is 9.12. The molecule has 2 aliphatic rings. The van der Waals surface area contributed by atoms with Gasteiger partial charge >= 0.3 is 0 Å². The van der Waals surface area contributed by atoms with E-state index in [0.29, 0.717) is 31.8 Å². The summed E-state index contributed by atoms with van der Waals surface area (Å²) < 4.78 is 13.3. The van der Waals surface area contributed by atoms with Crippen LogP contribution in [0.5, 0.6) is 11.5 Å². The number of ether oxygens (including phenoxy) is 2. The smallest absolute Gasteiger partial charge is 0.243 e. The number of aryl methyl sites for hydroxylation is 1. The molecule has 0 saturated carbocycles. The summed E-state index contributed by atoms with van der Waals surface area (Å²) in [6, 6.07) is 4.45. The van der Waals surface area contributed by atoms with Crippen molar-refractivity contribution in [2.24, 2.45) is 0 Å². The van der Waals surface area contributed by atoms with Crippen molar-refractivity contribution in [1.29, 1.82) is 0 Å². The number of carbonyl (C=O) groups excluding carboxylic acids is 1. The molecule has 2 aliphatic heterocycles. The summed E-state index contributed by atoms with van der Waals surface area (Å²) in [5, 5.41) is 0. The summed E-state index contributed by atoms with van der Waals surface area (Å²) in [7, 11) is 0. The minimum Gasteiger partial charge on any atom is -0.486 e. The highest BCUT2D eigenvalue weighted by Crippen LogP contribution is 2.35. The van der Waals surface area contributed by atoms with Crippen LogP contribution in [0.3, 0.4) is 0 Å². The lowest BCUT2D eigenvalue weighted by Crippen LogP contribution is -2.48. The second kappa shape index (κ2) is 6.24. The van der Waals surface area contributed by atoms with Crippen LogP contribution >= 0.6 is 0 Å². The molecule has 0 bridgehead atoms. The molecule has 1 saturated heterocycles. The lowest BCUT2D eigenvalue weighted by molar-refractivity contribution is -0.137. The van der Waals surface area contributed by atoms with Crippen molar-refractivity contribution >= 4 is 16.9 Å². The van der Waals surface area contributed by atoms with Crippen LogP contribution in [0.4, 0.5) is 0 Å². The van der Waals surface area contributed by atoms with Gasteiger partial charge in [-0.25, -0.2) is 4.98 Å². The van der Waals surface area contributed by atoms with Gasteiger partial charge in [-0.15, -0.1) is 0 Å². The highest BCUT2D eigenvalue weighted by Gasteiger charge is 2.29. The van der Waals surface area contributed by atoms with Crippen molar-refractivity contribution in [2.45, 2.75) is 58.7 Å². The third-order valence-corrected chi connectivity index (χ3v) is 5.38. The lowest BCUT2D eigenvalue weighted by Gasteiger charge is -2.39. The quantitative estimate of drug-likeness (QED) is 0.841. The Bertz CT molecular complexity index is 804. The summed E-state index contributed by atoms with van der Waals surface area (Å²) in [5.74, 6) is 2.46. The molecule has 0 aliphatic carbocycles. The van der Waals surface area contributed by atoms with E-state index in [-0.39, 0.29) is 5.91 Å². The first kappa shape index (κ1) is 16.2. The largest absolute Gasteiger partial charge is 0.486 e. The molecule has 134 valence electrons. The van der Waals surface area contributed by atoms with Crippen LogP contribution in [0, 0.1) is 6.92 Å². The Kier molecular flexibility index (Phi) is 4.06. The van der Waals surface area contributed by atoms with Crippen molar-refractivity contribution in [1.82, 2.24) is 14.5 Å². The van der Waals surface area contributed by atoms with E-state index in [1.54, 1.807) is 0 Å². The van der Waals surface area contributed by atoms with Crippen LogP contribution in [0.1, 0.15) is 38.9 Å². The number of likely N-dealkylation sites (tertiary alicyclic amines) is 1. The van der Waals surface area contributed by atoms with Crippen molar-refractivity contribution in [3.8, 4) is 11.5 Å². The van der Waals surface area contributed by atoms with E-state index >= 15 is 0 Å². The normalized spacial score (nSPS) is 23.1. The van der Waals surface area contributed by atoms with Crippen LogP contribution in [0.15, 0.2) is 12.1 Å². The number of carbonyl (C=O) groups is 1. The van der Waals surface area contributed by atoms with Gasteiger partial charge in [0.15, 0.2) is 11.5 Å². The average Bonchev–Trinajstić information content (AvgIpc) is 2.87. The standard InChI is InChI=1S/C19H25N3O3/c1-12-5-4-6-13(2)22(12)19(23)11-21-14(3)20-15-9-17-18(10-16(15)21)25-8-7-24-17/h9-10,12-13H,4-8,11H2,1-3H3. The summed E-state index contributed by atoms with van der Waals surface area (Å²) in [4.78, 5) is 19.7. The number of hydrogen-bond donors (Lipinski definition) is 0. The van der Waals surface area contributed by atoms with Crippen molar-refractivity contribution in [2.75, 3.05) is 13.2 Å². The number of amides is 1. The zero-order valence-electron chi connectivity index (χ0n) is 15.1. The molecule has 0 radical (unpaired) electrons. The summed E-state index contributed by atoms with van der Waals surface area (Å²) in [6.07, 6.45) is 3.36. The van der Waals surface area contributed by atoms with Crippen LogP contribution in [0.25, 0.3) is 11.0 Å². The number of hydrogen-bond acceptors (Lipinski definition) is 4.